The largest absolute Gasteiger partial charge is 0.454 e. The lowest BCUT2D eigenvalue weighted by molar-refractivity contribution is 0.174. The highest BCUT2D eigenvalue weighted by Crippen LogP contribution is 2.36. The van der Waals surface area contributed by atoms with E-state index in [0.29, 0.717) is 5.69 Å². The SMILES string of the molecule is Cc1nn(C(C)C)c(Nc2ccc3c(c2)OCO3)c1N. The number of hydrogen-bond donors (Lipinski definition) is 2. The maximum Gasteiger partial charge on any atom is 0.231 e. The summed E-state index contributed by atoms with van der Waals surface area (Å²) in [6.45, 7) is 6.30. The lowest BCUT2D eigenvalue weighted by Crippen LogP contribution is -2.08. The average Bonchev–Trinajstić information content (AvgIpc) is 2.98. The fourth-order valence-electron chi connectivity index (χ4n) is 2.17. The molecule has 106 valence electrons. The van der Waals surface area contributed by atoms with Crippen molar-refractivity contribution >= 4 is 17.2 Å². The van der Waals surface area contributed by atoms with Crippen LogP contribution in [-0.4, -0.2) is 16.6 Å². The lowest BCUT2D eigenvalue weighted by Gasteiger charge is -2.13. The standard InChI is InChI=1S/C14H18N4O2/c1-8(2)18-14(13(15)9(3)17-18)16-10-4-5-11-12(6-10)20-7-19-11/h4-6,8,16H,7,15H2,1-3H3. The van der Waals surface area contributed by atoms with Crippen LogP contribution in [0.4, 0.5) is 17.2 Å². The number of nitrogen functional groups attached to an aromatic ring is 1. The smallest absolute Gasteiger partial charge is 0.231 e. The maximum atomic E-state index is 6.10. The normalized spacial score (nSPS) is 13.0. The van der Waals surface area contributed by atoms with Crippen molar-refractivity contribution in [2.45, 2.75) is 26.8 Å². The van der Waals surface area contributed by atoms with Gasteiger partial charge < -0.3 is 20.5 Å². The fraction of sp³-hybridized carbons (Fsp3) is 0.357. The number of rotatable bonds is 3. The average molecular weight is 274 g/mol. The van der Waals surface area contributed by atoms with Gasteiger partial charge in [-0.05, 0) is 32.9 Å². The molecular weight excluding hydrogens is 256 g/mol. The molecule has 0 saturated heterocycles. The van der Waals surface area contributed by atoms with Gasteiger partial charge in [-0.25, -0.2) is 4.68 Å². The van der Waals surface area contributed by atoms with E-state index in [2.05, 4.69) is 24.3 Å². The van der Waals surface area contributed by atoms with E-state index in [9.17, 15) is 0 Å². The van der Waals surface area contributed by atoms with E-state index in [-0.39, 0.29) is 12.8 Å². The second-order valence-corrected chi connectivity index (χ2v) is 5.08. The Morgan fingerprint density at radius 2 is 2.05 bits per heavy atom. The molecule has 20 heavy (non-hydrogen) atoms. The number of anilines is 3. The van der Waals surface area contributed by atoms with Crippen LogP contribution >= 0.6 is 0 Å². The highest BCUT2D eigenvalue weighted by Gasteiger charge is 2.17. The van der Waals surface area contributed by atoms with Crippen molar-refractivity contribution in [3.8, 4) is 11.5 Å². The van der Waals surface area contributed by atoms with E-state index in [1.165, 1.54) is 0 Å². The molecule has 3 N–H and O–H groups in total. The van der Waals surface area contributed by atoms with Gasteiger partial charge in [-0.2, -0.15) is 5.10 Å². The quantitative estimate of drug-likeness (QED) is 0.900. The predicted octanol–water partition coefficient (Wildman–Crippen LogP) is 2.83. The molecule has 0 amide bonds. The molecule has 0 fully saturated rings. The molecule has 0 spiro atoms. The number of nitrogens with one attached hydrogen (secondary N) is 1. The molecule has 1 aliphatic heterocycles. The van der Waals surface area contributed by atoms with Gasteiger partial charge in [0, 0.05) is 17.8 Å². The van der Waals surface area contributed by atoms with Crippen LogP contribution in [0.5, 0.6) is 11.5 Å². The number of benzene rings is 1. The van der Waals surface area contributed by atoms with Crippen LogP contribution in [0.15, 0.2) is 18.2 Å². The summed E-state index contributed by atoms with van der Waals surface area (Å²) in [6, 6.07) is 5.93. The number of hydrogen-bond acceptors (Lipinski definition) is 5. The Hall–Kier alpha value is -2.37. The minimum absolute atomic E-state index is 0.225. The molecule has 0 bridgehead atoms. The number of aromatic nitrogens is 2. The van der Waals surface area contributed by atoms with Crippen molar-refractivity contribution in [3.63, 3.8) is 0 Å². The van der Waals surface area contributed by atoms with Gasteiger partial charge in [-0.15, -0.1) is 0 Å². The number of nitrogens with two attached hydrogens (primary N) is 1. The lowest BCUT2D eigenvalue weighted by atomic mass is 10.2. The first-order valence-electron chi connectivity index (χ1n) is 6.57. The highest BCUT2D eigenvalue weighted by molar-refractivity contribution is 5.72. The molecule has 1 aromatic carbocycles. The number of aryl methyl sites for hydroxylation is 1. The van der Waals surface area contributed by atoms with E-state index < -0.39 is 0 Å². The first-order chi connectivity index (χ1) is 9.56. The molecule has 0 aliphatic carbocycles. The predicted molar refractivity (Wildman–Crippen MR) is 77.6 cm³/mol. The zero-order valence-corrected chi connectivity index (χ0v) is 11.8. The molecule has 6 nitrogen and oxygen atoms in total. The Morgan fingerprint density at radius 1 is 1.30 bits per heavy atom. The van der Waals surface area contributed by atoms with Crippen molar-refractivity contribution in [1.29, 1.82) is 0 Å². The van der Waals surface area contributed by atoms with Gasteiger partial charge in [-0.1, -0.05) is 0 Å². The zero-order chi connectivity index (χ0) is 14.3. The van der Waals surface area contributed by atoms with Gasteiger partial charge in [-0.3, -0.25) is 0 Å². The van der Waals surface area contributed by atoms with Gasteiger partial charge in [0.2, 0.25) is 6.79 Å². The van der Waals surface area contributed by atoms with E-state index >= 15 is 0 Å². The Labute approximate surface area is 117 Å². The van der Waals surface area contributed by atoms with Crippen LogP contribution in [0.25, 0.3) is 0 Å². The van der Waals surface area contributed by atoms with E-state index in [1.807, 2.05) is 29.8 Å². The summed E-state index contributed by atoms with van der Waals surface area (Å²) in [5, 5.41) is 7.76. The number of ether oxygens (including phenoxy) is 2. The Kier molecular flexibility index (Phi) is 2.93. The molecule has 0 radical (unpaired) electrons. The number of nitrogens with zero attached hydrogens (tertiary/aromatic N) is 2. The molecule has 2 aromatic rings. The third-order valence-electron chi connectivity index (χ3n) is 3.26. The van der Waals surface area contributed by atoms with Gasteiger partial charge in [0.1, 0.15) is 0 Å². The molecule has 1 aliphatic rings. The summed E-state index contributed by atoms with van der Waals surface area (Å²) in [6.07, 6.45) is 0. The van der Waals surface area contributed by atoms with Gasteiger partial charge in [0.25, 0.3) is 0 Å². The topological polar surface area (TPSA) is 74.3 Å². The van der Waals surface area contributed by atoms with Crippen molar-refractivity contribution in [2.24, 2.45) is 0 Å². The Bertz CT molecular complexity index is 649. The van der Waals surface area contributed by atoms with Crippen LogP contribution in [0.2, 0.25) is 0 Å². The summed E-state index contributed by atoms with van der Waals surface area (Å²) in [5.41, 5.74) is 8.48. The third-order valence-corrected chi connectivity index (χ3v) is 3.26. The van der Waals surface area contributed by atoms with Crippen molar-refractivity contribution in [3.05, 3.63) is 23.9 Å². The van der Waals surface area contributed by atoms with Crippen molar-refractivity contribution in [2.75, 3.05) is 17.8 Å². The molecule has 6 heteroatoms. The molecule has 3 rings (SSSR count). The van der Waals surface area contributed by atoms with Crippen LogP contribution in [0, 0.1) is 6.92 Å². The van der Waals surface area contributed by atoms with Gasteiger partial charge in [0.05, 0.1) is 11.4 Å². The van der Waals surface area contributed by atoms with Crippen LogP contribution in [0.1, 0.15) is 25.6 Å². The summed E-state index contributed by atoms with van der Waals surface area (Å²) >= 11 is 0. The van der Waals surface area contributed by atoms with Gasteiger partial charge in [0.15, 0.2) is 17.3 Å². The number of fused-ring (bicyclic) bond motifs is 1. The fourth-order valence-corrected chi connectivity index (χ4v) is 2.17. The minimum Gasteiger partial charge on any atom is -0.454 e. The summed E-state index contributed by atoms with van der Waals surface area (Å²) in [7, 11) is 0. The first kappa shape index (κ1) is 12.7. The van der Waals surface area contributed by atoms with Crippen LogP contribution < -0.4 is 20.5 Å². The van der Waals surface area contributed by atoms with E-state index in [0.717, 1.165) is 28.7 Å². The second kappa shape index (κ2) is 4.63. The third kappa shape index (κ3) is 2.03. The zero-order valence-electron chi connectivity index (χ0n) is 11.8. The van der Waals surface area contributed by atoms with E-state index in [4.69, 9.17) is 15.2 Å². The first-order valence-corrected chi connectivity index (χ1v) is 6.57. The van der Waals surface area contributed by atoms with Crippen molar-refractivity contribution in [1.82, 2.24) is 9.78 Å². The molecule has 1 aromatic heterocycles. The maximum absolute atomic E-state index is 6.10. The second-order valence-electron chi connectivity index (χ2n) is 5.08. The Morgan fingerprint density at radius 3 is 2.80 bits per heavy atom. The molecule has 0 unspecified atom stereocenters. The van der Waals surface area contributed by atoms with Crippen molar-refractivity contribution < 1.29 is 9.47 Å². The van der Waals surface area contributed by atoms with E-state index in [1.54, 1.807) is 0 Å². The highest BCUT2D eigenvalue weighted by atomic mass is 16.7. The van der Waals surface area contributed by atoms with Crippen LogP contribution in [-0.2, 0) is 0 Å². The van der Waals surface area contributed by atoms with Crippen LogP contribution in [0.3, 0.4) is 0 Å². The minimum atomic E-state index is 0.225. The molecule has 0 saturated carbocycles. The molecule has 2 heterocycles. The molecule has 0 atom stereocenters. The monoisotopic (exact) mass is 274 g/mol. The molecular formula is C14H18N4O2. The summed E-state index contributed by atoms with van der Waals surface area (Å²) in [5.74, 6) is 2.30. The summed E-state index contributed by atoms with van der Waals surface area (Å²) in [4.78, 5) is 0. The van der Waals surface area contributed by atoms with Gasteiger partial charge >= 0.3 is 0 Å². The summed E-state index contributed by atoms with van der Waals surface area (Å²) < 4.78 is 12.6. The Balaban J connectivity index is 1.95.